The van der Waals surface area contributed by atoms with Gasteiger partial charge in [0.25, 0.3) is 5.91 Å². The fourth-order valence-corrected chi connectivity index (χ4v) is 2.76. The van der Waals surface area contributed by atoms with Gasteiger partial charge < -0.3 is 20.1 Å². The first-order valence-electron chi connectivity index (χ1n) is 8.71. The highest BCUT2D eigenvalue weighted by molar-refractivity contribution is 6.04. The topological polar surface area (TPSA) is 79.3 Å². The molecule has 27 heavy (non-hydrogen) atoms. The summed E-state index contributed by atoms with van der Waals surface area (Å²) in [7, 11) is 4.09. The van der Waals surface area contributed by atoms with Crippen LogP contribution in [0.1, 0.15) is 17.4 Å². The number of rotatable bonds is 6. The zero-order valence-electron chi connectivity index (χ0n) is 15.7. The summed E-state index contributed by atoms with van der Waals surface area (Å²) >= 11 is 0. The molecule has 7 heteroatoms. The molecule has 0 aliphatic rings. The predicted octanol–water partition coefficient (Wildman–Crippen LogP) is 2.81. The lowest BCUT2D eigenvalue weighted by Crippen LogP contribution is -2.18. The van der Waals surface area contributed by atoms with Crippen LogP contribution in [0.4, 0.5) is 11.4 Å². The summed E-state index contributed by atoms with van der Waals surface area (Å²) in [6, 6.07) is 11.1. The number of nitrogens with one attached hydrogen (secondary N) is 2. The van der Waals surface area contributed by atoms with Gasteiger partial charge in [0, 0.05) is 31.9 Å². The van der Waals surface area contributed by atoms with E-state index in [1.807, 2.05) is 32.3 Å². The van der Waals surface area contributed by atoms with Crippen molar-refractivity contribution in [2.45, 2.75) is 13.5 Å². The number of hydrogen-bond donors (Lipinski definition) is 2. The summed E-state index contributed by atoms with van der Waals surface area (Å²) in [6.07, 6.45) is 3.52. The van der Waals surface area contributed by atoms with E-state index in [0.717, 1.165) is 24.0 Å². The molecule has 7 nitrogen and oxygen atoms in total. The SMILES string of the molecule is CC(=O)Nc1ccc(C(=O)Nc2ccc3ccn(CCN(C)C)c3c2)nc1. The molecular formula is C20H23N5O2. The third kappa shape index (κ3) is 4.71. The molecule has 2 aromatic heterocycles. The van der Waals surface area contributed by atoms with E-state index < -0.39 is 0 Å². The number of fused-ring (bicyclic) bond motifs is 1. The van der Waals surface area contributed by atoms with Crippen molar-refractivity contribution in [1.29, 1.82) is 0 Å². The van der Waals surface area contributed by atoms with Crippen LogP contribution in [0, 0.1) is 0 Å². The lowest BCUT2D eigenvalue weighted by atomic mass is 10.2. The molecule has 0 saturated carbocycles. The van der Waals surface area contributed by atoms with Gasteiger partial charge in [0.05, 0.1) is 17.4 Å². The highest BCUT2D eigenvalue weighted by atomic mass is 16.2. The van der Waals surface area contributed by atoms with E-state index in [-0.39, 0.29) is 17.5 Å². The van der Waals surface area contributed by atoms with Crippen molar-refractivity contribution in [3.63, 3.8) is 0 Å². The fourth-order valence-electron chi connectivity index (χ4n) is 2.76. The van der Waals surface area contributed by atoms with Crippen molar-refractivity contribution >= 4 is 34.1 Å². The number of carbonyl (C=O) groups excluding carboxylic acids is 2. The summed E-state index contributed by atoms with van der Waals surface area (Å²) in [6.45, 7) is 3.23. The van der Waals surface area contributed by atoms with Gasteiger partial charge in [-0.05, 0) is 49.8 Å². The zero-order valence-corrected chi connectivity index (χ0v) is 15.7. The molecule has 0 aliphatic heterocycles. The highest BCUT2D eigenvalue weighted by Gasteiger charge is 2.10. The molecule has 140 valence electrons. The molecule has 0 aliphatic carbocycles. The third-order valence-corrected chi connectivity index (χ3v) is 4.14. The average molecular weight is 365 g/mol. The van der Waals surface area contributed by atoms with Gasteiger partial charge in [-0.1, -0.05) is 6.07 Å². The number of hydrogen-bond acceptors (Lipinski definition) is 4. The average Bonchev–Trinajstić information content (AvgIpc) is 3.02. The maximum absolute atomic E-state index is 12.4. The maximum atomic E-state index is 12.4. The van der Waals surface area contributed by atoms with Gasteiger partial charge in [0.1, 0.15) is 5.69 Å². The van der Waals surface area contributed by atoms with Crippen LogP contribution < -0.4 is 10.6 Å². The quantitative estimate of drug-likeness (QED) is 0.704. The number of likely N-dealkylation sites (N-methyl/N-ethyl adjacent to an activating group) is 1. The first-order chi connectivity index (χ1) is 12.9. The van der Waals surface area contributed by atoms with E-state index in [1.165, 1.54) is 13.1 Å². The summed E-state index contributed by atoms with van der Waals surface area (Å²) < 4.78 is 2.17. The molecule has 3 rings (SSSR count). The van der Waals surface area contributed by atoms with Crippen LogP contribution in [0.15, 0.2) is 48.8 Å². The zero-order chi connectivity index (χ0) is 19.4. The normalized spacial score (nSPS) is 11.0. The smallest absolute Gasteiger partial charge is 0.274 e. The van der Waals surface area contributed by atoms with E-state index in [9.17, 15) is 9.59 Å². The van der Waals surface area contributed by atoms with Gasteiger partial charge in [-0.3, -0.25) is 9.59 Å². The molecule has 2 amide bonds. The number of pyridine rings is 1. The van der Waals surface area contributed by atoms with Crippen LogP contribution in [0.25, 0.3) is 10.9 Å². The Morgan fingerprint density at radius 1 is 1.07 bits per heavy atom. The van der Waals surface area contributed by atoms with Crippen molar-refractivity contribution in [3.05, 3.63) is 54.5 Å². The summed E-state index contributed by atoms with van der Waals surface area (Å²) in [5.74, 6) is -0.477. The molecule has 1 aromatic carbocycles. The molecule has 0 saturated heterocycles. The molecular weight excluding hydrogens is 342 g/mol. The van der Waals surface area contributed by atoms with Gasteiger partial charge in [-0.15, -0.1) is 0 Å². The summed E-state index contributed by atoms with van der Waals surface area (Å²) in [4.78, 5) is 29.7. The Morgan fingerprint density at radius 3 is 2.52 bits per heavy atom. The fraction of sp³-hybridized carbons (Fsp3) is 0.250. The molecule has 0 bridgehead atoms. The third-order valence-electron chi connectivity index (χ3n) is 4.14. The largest absolute Gasteiger partial charge is 0.346 e. The molecule has 0 spiro atoms. The number of benzene rings is 1. The summed E-state index contributed by atoms with van der Waals surface area (Å²) in [5, 5.41) is 6.63. The van der Waals surface area contributed by atoms with Crippen LogP contribution >= 0.6 is 0 Å². The number of aromatic nitrogens is 2. The minimum Gasteiger partial charge on any atom is -0.346 e. The van der Waals surface area contributed by atoms with Crippen LogP contribution in [0.3, 0.4) is 0 Å². The minimum absolute atomic E-state index is 0.181. The van der Waals surface area contributed by atoms with Gasteiger partial charge in [-0.2, -0.15) is 0 Å². The lowest BCUT2D eigenvalue weighted by Gasteiger charge is -2.12. The molecule has 3 aromatic rings. The van der Waals surface area contributed by atoms with Crippen molar-refractivity contribution in [2.75, 3.05) is 31.3 Å². The first-order valence-corrected chi connectivity index (χ1v) is 8.71. The van der Waals surface area contributed by atoms with Gasteiger partial charge in [0.15, 0.2) is 0 Å². The number of nitrogens with zero attached hydrogens (tertiary/aromatic N) is 3. The molecule has 0 fully saturated rings. The van der Waals surface area contributed by atoms with E-state index >= 15 is 0 Å². The van der Waals surface area contributed by atoms with Crippen LogP contribution in [-0.4, -0.2) is 46.9 Å². The Balaban J connectivity index is 1.74. The summed E-state index contributed by atoms with van der Waals surface area (Å²) in [5.41, 5.74) is 2.63. The monoisotopic (exact) mass is 365 g/mol. The van der Waals surface area contributed by atoms with Gasteiger partial charge in [-0.25, -0.2) is 4.98 Å². The molecule has 2 N–H and O–H groups in total. The Labute approximate surface area is 158 Å². The molecule has 0 unspecified atom stereocenters. The van der Waals surface area contributed by atoms with E-state index in [2.05, 4.69) is 37.3 Å². The van der Waals surface area contributed by atoms with Gasteiger partial charge in [0.2, 0.25) is 5.91 Å². The number of amides is 2. The first kappa shape index (κ1) is 18.6. The van der Waals surface area contributed by atoms with E-state index in [1.54, 1.807) is 12.1 Å². The van der Waals surface area contributed by atoms with E-state index in [4.69, 9.17) is 0 Å². The van der Waals surface area contributed by atoms with Crippen molar-refractivity contribution in [1.82, 2.24) is 14.5 Å². The van der Waals surface area contributed by atoms with Gasteiger partial charge >= 0.3 is 0 Å². The Kier molecular flexibility index (Phi) is 5.52. The Bertz CT molecular complexity index is 960. The second-order valence-electron chi connectivity index (χ2n) is 6.65. The second kappa shape index (κ2) is 8.01. The maximum Gasteiger partial charge on any atom is 0.274 e. The highest BCUT2D eigenvalue weighted by Crippen LogP contribution is 2.21. The number of anilines is 2. The Hall–Kier alpha value is -3.19. The lowest BCUT2D eigenvalue weighted by molar-refractivity contribution is -0.114. The predicted molar refractivity (Wildman–Crippen MR) is 107 cm³/mol. The van der Waals surface area contributed by atoms with Crippen molar-refractivity contribution in [3.8, 4) is 0 Å². The molecule has 0 radical (unpaired) electrons. The second-order valence-corrected chi connectivity index (χ2v) is 6.65. The minimum atomic E-state index is -0.296. The van der Waals surface area contributed by atoms with Crippen LogP contribution in [0.5, 0.6) is 0 Å². The number of carbonyl (C=O) groups is 2. The van der Waals surface area contributed by atoms with Crippen molar-refractivity contribution in [2.24, 2.45) is 0 Å². The van der Waals surface area contributed by atoms with E-state index in [0.29, 0.717) is 11.4 Å². The van der Waals surface area contributed by atoms with Crippen molar-refractivity contribution < 1.29 is 9.59 Å². The standard InChI is InChI=1S/C20H23N5O2/c1-14(26)22-17-6-7-18(21-13-17)20(27)23-16-5-4-15-8-9-25(19(15)12-16)11-10-24(2)3/h4-9,12-13H,10-11H2,1-3H3,(H,22,26)(H,23,27). The Morgan fingerprint density at radius 2 is 1.85 bits per heavy atom. The van der Waals surface area contributed by atoms with Crippen LogP contribution in [0.2, 0.25) is 0 Å². The molecule has 0 atom stereocenters. The van der Waals surface area contributed by atoms with Crippen LogP contribution in [-0.2, 0) is 11.3 Å². The molecule has 2 heterocycles.